The van der Waals surface area contributed by atoms with E-state index in [0.29, 0.717) is 12.5 Å². The van der Waals surface area contributed by atoms with Crippen molar-refractivity contribution in [3.63, 3.8) is 0 Å². The normalized spacial score (nSPS) is 25.3. The first-order chi connectivity index (χ1) is 12.6. The highest BCUT2D eigenvalue weighted by atomic mass is 19.4. The minimum Gasteiger partial charge on any atom is -0.376 e. The summed E-state index contributed by atoms with van der Waals surface area (Å²) in [6.45, 7) is 0.702. The molecular formula is C20H23F3N2O2. The van der Waals surface area contributed by atoms with Crippen molar-refractivity contribution in [2.45, 2.75) is 69.3 Å². The van der Waals surface area contributed by atoms with E-state index in [1.54, 1.807) is 0 Å². The van der Waals surface area contributed by atoms with E-state index >= 15 is 0 Å². The van der Waals surface area contributed by atoms with Crippen LogP contribution in [0.4, 0.5) is 13.2 Å². The lowest BCUT2D eigenvalue weighted by molar-refractivity contribution is -0.258. The van der Waals surface area contributed by atoms with Gasteiger partial charge in [-0.15, -0.1) is 0 Å². The molecule has 1 N–H and O–H groups in total. The van der Waals surface area contributed by atoms with Crippen LogP contribution < -0.4 is 0 Å². The number of nitriles is 1. The molecule has 0 radical (unpaired) electrons. The third-order valence-electron chi connectivity index (χ3n) is 5.69. The van der Waals surface area contributed by atoms with Gasteiger partial charge >= 0.3 is 6.18 Å². The molecule has 1 aromatic rings. The summed E-state index contributed by atoms with van der Waals surface area (Å²) in [7, 11) is 0. The summed E-state index contributed by atoms with van der Waals surface area (Å²) in [5.41, 5.74) is -2.93. The summed E-state index contributed by atoms with van der Waals surface area (Å²) in [5, 5.41) is 18.8. The quantitative estimate of drug-likeness (QED) is 0.854. The average Bonchev–Trinajstić information content (AvgIpc) is 3.46. The Balaban J connectivity index is 1.77. The first kappa shape index (κ1) is 19.7. The molecule has 2 saturated carbocycles. The number of alkyl halides is 3. The van der Waals surface area contributed by atoms with Crippen LogP contribution in [0.3, 0.4) is 0 Å². The van der Waals surface area contributed by atoms with Crippen molar-refractivity contribution in [3.8, 4) is 6.07 Å². The van der Waals surface area contributed by atoms with Crippen LogP contribution in [0, 0.1) is 17.2 Å². The van der Waals surface area contributed by atoms with Crippen LogP contribution in [-0.2, 0) is 5.60 Å². The van der Waals surface area contributed by atoms with Crippen LogP contribution >= 0.6 is 0 Å². The molecule has 2 fully saturated rings. The van der Waals surface area contributed by atoms with Gasteiger partial charge in [0.05, 0.1) is 6.07 Å². The van der Waals surface area contributed by atoms with Gasteiger partial charge in [0.2, 0.25) is 0 Å². The van der Waals surface area contributed by atoms with Crippen molar-refractivity contribution < 1.29 is 23.1 Å². The number of aliphatic hydroxyl groups is 1. The smallest absolute Gasteiger partial charge is 0.376 e. The van der Waals surface area contributed by atoms with Crippen LogP contribution in [0.15, 0.2) is 24.3 Å². The van der Waals surface area contributed by atoms with Crippen LogP contribution in [0.1, 0.15) is 61.4 Å². The van der Waals surface area contributed by atoms with Crippen LogP contribution in [-0.4, -0.2) is 34.2 Å². The summed E-state index contributed by atoms with van der Waals surface area (Å²) >= 11 is 0. The van der Waals surface area contributed by atoms with E-state index in [2.05, 4.69) is 6.07 Å². The summed E-state index contributed by atoms with van der Waals surface area (Å²) in [5.74, 6) is -0.141. The van der Waals surface area contributed by atoms with Crippen molar-refractivity contribution >= 4 is 5.91 Å². The van der Waals surface area contributed by atoms with Gasteiger partial charge in [-0.1, -0.05) is 12.1 Å². The van der Waals surface area contributed by atoms with Crippen molar-refractivity contribution in [2.75, 3.05) is 0 Å². The third kappa shape index (κ3) is 3.96. The lowest BCUT2D eigenvalue weighted by atomic mass is 9.86. The summed E-state index contributed by atoms with van der Waals surface area (Å²) < 4.78 is 38.9. The molecule has 0 saturated heterocycles. The van der Waals surface area contributed by atoms with Crippen LogP contribution in [0.25, 0.3) is 0 Å². The fraction of sp³-hybridized carbons (Fsp3) is 0.600. The molecule has 0 spiro atoms. The second-order valence-electron chi connectivity index (χ2n) is 7.73. The minimum atomic E-state index is -4.79. The fourth-order valence-corrected chi connectivity index (χ4v) is 3.72. The first-order valence-corrected chi connectivity index (χ1v) is 9.27. The molecule has 4 nitrogen and oxygen atoms in total. The number of nitrogens with zero attached hydrogens (tertiary/aromatic N) is 2. The highest BCUT2D eigenvalue weighted by Gasteiger charge is 2.51. The lowest BCUT2D eigenvalue weighted by Crippen LogP contribution is -2.44. The van der Waals surface area contributed by atoms with Crippen molar-refractivity contribution in [3.05, 3.63) is 35.4 Å². The van der Waals surface area contributed by atoms with Crippen molar-refractivity contribution in [1.29, 1.82) is 5.26 Å². The predicted molar refractivity (Wildman–Crippen MR) is 92.6 cm³/mol. The molecule has 1 aromatic carbocycles. The molecule has 2 aliphatic rings. The van der Waals surface area contributed by atoms with Gasteiger partial charge in [0.1, 0.15) is 0 Å². The van der Waals surface area contributed by atoms with E-state index in [1.807, 2.05) is 4.90 Å². The number of rotatable bonds is 4. The standard InChI is InChI=1S/C20H23F3N2O2/c1-19(27,20(21,22)23)15-6-4-14(5-7-15)18(26)25(17-10-11-17)16-8-2-13(12-24)3-9-16/h4-7,13,16-17,27H,2-3,8-11H2,1H3/t13?,16?,19-/m0/s1. The Morgan fingerprint density at radius 2 is 1.56 bits per heavy atom. The van der Waals surface area contributed by atoms with E-state index in [-0.39, 0.29) is 29.5 Å². The summed E-state index contributed by atoms with van der Waals surface area (Å²) in [6, 6.07) is 7.58. The van der Waals surface area contributed by atoms with E-state index < -0.39 is 11.8 Å². The lowest BCUT2D eigenvalue weighted by Gasteiger charge is -2.36. The Bertz CT molecular complexity index is 725. The van der Waals surface area contributed by atoms with Crippen LogP contribution in [0.2, 0.25) is 0 Å². The Morgan fingerprint density at radius 3 is 1.96 bits per heavy atom. The van der Waals surface area contributed by atoms with Gasteiger partial charge < -0.3 is 10.0 Å². The maximum Gasteiger partial charge on any atom is 0.421 e. The molecule has 1 atom stereocenters. The van der Waals surface area contributed by atoms with E-state index in [1.165, 1.54) is 24.3 Å². The van der Waals surface area contributed by atoms with Crippen molar-refractivity contribution in [1.82, 2.24) is 4.90 Å². The number of hydrogen-bond donors (Lipinski definition) is 1. The fourth-order valence-electron chi connectivity index (χ4n) is 3.72. The predicted octanol–water partition coefficient (Wildman–Crippen LogP) is 4.14. The van der Waals surface area contributed by atoms with Gasteiger partial charge in [0.25, 0.3) is 5.91 Å². The van der Waals surface area contributed by atoms with Gasteiger partial charge in [0.15, 0.2) is 5.60 Å². The number of carbonyl (C=O) groups excluding carboxylic acids is 1. The zero-order chi connectivity index (χ0) is 19.8. The maximum atomic E-state index is 13.0. The molecule has 3 rings (SSSR count). The molecule has 7 heteroatoms. The molecule has 27 heavy (non-hydrogen) atoms. The number of carbonyl (C=O) groups is 1. The second-order valence-corrected chi connectivity index (χ2v) is 7.73. The number of halogens is 3. The van der Waals surface area contributed by atoms with Gasteiger partial charge in [-0.3, -0.25) is 4.79 Å². The molecule has 0 unspecified atom stereocenters. The number of hydrogen-bond acceptors (Lipinski definition) is 3. The van der Waals surface area contributed by atoms with E-state index in [4.69, 9.17) is 5.26 Å². The van der Waals surface area contributed by atoms with Gasteiger partial charge in [-0.05, 0) is 63.1 Å². The number of benzene rings is 1. The molecule has 2 aliphatic carbocycles. The average molecular weight is 380 g/mol. The van der Waals surface area contributed by atoms with Crippen LogP contribution in [0.5, 0.6) is 0 Å². The molecule has 0 bridgehead atoms. The molecule has 146 valence electrons. The number of amides is 1. The van der Waals surface area contributed by atoms with Gasteiger partial charge in [-0.2, -0.15) is 18.4 Å². The monoisotopic (exact) mass is 380 g/mol. The molecule has 0 aliphatic heterocycles. The first-order valence-electron chi connectivity index (χ1n) is 9.27. The molecule has 1 amide bonds. The van der Waals surface area contributed by atoms with E-state index in [0.717, 1.165) is 38.5 Å². The molecular weight excluding hydrogens is 357 g/mol. The Hall–Kier alpha value is -2.07. The second kappa shape index (κ2) is 7.16. The van der Waals surface area contributed by atoms with E-state index in [9.17, 15) is 23.1 Å². The maximum absolute atomic E-state index is 13.0. The Labute approximate surface area is 156 Å². The van der Waals surface area contributed by atoms with Gasteiger partial charge in [-0.25, -0.2) is 0 Å². The third-order valence-corrected chi connectivity index (χ3v) is 5.69. The topological polar surface area (TPSA) is 64.3 Å². The highest BCUT2D eigenvalue weighted by molar-refractivity contribution is 5.95. The highest BCUT2D eigenvalue weighted by Crippen LogP contribution is 2.39. The zero-order valence-electron chi connectivity index (χ0n) is 15.2. The largest absolute Gasteiger partial charge is 0.421 e. The van der Waals surface area contributed by atoms with Crippen molar-refractivity contribution in [2.24, 2.45) is 5.92 Å². The summed E-state index contributed by atoms with van der Waals surface area (Å²) in [4.78, 5) is 14.9. The summed E-state index contributed by atoms with van der Waals surface area (Å²) in [6.07, 6.45) is 0.173. The molecule has 0 heterocycles. The Kier molecular flexibility index (Phi) is 5.22. The SMILES string of the molecule is C[C@](O)(c1ccc(C(=O)N(C2CCC(C#N)CC2)C2CC2)cc1)C(F)(F)F. The molecule has 0 aromatic heterocycles. The zero-order valence-corrected chi connectivity index (χ0v) is 15.2. The Morgan fingerprint density at radius 1 is 1.07 bits per heavy atom. The minimum absolute atomic E-state index is 0.0429. The van der Waals surface area contributed by atoms with Gasteiger partial charge in [0, 0.05) is 23.6 Å².